The number of hydrogen-bond acceptors (Lipinski definition) is 9. The Bertz CT molecular complexity index is 2210. The molecule has 0 radical (unpaired) electrons. The van der Waals surface area contributed by atoms with Gasteiger partial charge in [-0.25, -0.2) is 0 Å². The van der Waals surface area contributed by atoms with Crippen LogP contribution in [0.4, 0.5) is 11.4 Å². The van der Waals surface area contributed by atoms with E-state index in [4.69, 9.17) is 20.9 Å². The van der Waals surface area contributed by atoms with Crippen LogP contribution in [-0.4, -0.2) is 55.5 Å². The van der Waals surface area contributed by atoms with Crippen LogP contribution in [0.5, 0.6) is 11.5 Å². The molecule has 0 saturated heterocycles. The van der Waals surface area contributed by atoms with Crippen molar-refractivity contribution in [1.29, 1.82) is 5.26 Å². The van der Waals surface area contributed by atoms with Crippen LogP contribution < -0.4 is 30.7 Å². The van der Waals surface area contributed by atoms with Crippen molar-refractivity contribution < 1.29 is 29.3 Å². The zero-order chi connectivity index (χ0) is 50.7. The van der Waals surface area contributed by atoms with Crippen LogP contribution in [0.1, 0.15) is 199 Å². The number of anilines is 2. The lowest BCUT2D eigenvalue weighted by molar-refractivity contribution is -0.137. The molecule has 2 aliphatic heterocycles. The van der Waals surface area contributed by atoms with Gasteiger partial charge in [-0.05, 0) is 116 Å². The number of rotatable bonds is 31. The lowest BCUT2D eigenvalue weighted by Crippen LogP contribution is -2.49. The van der Waals surface area contributed by atoms with Crippen LogP contribution in [0.15, 0.2) is 82.4 Å². The number of benzene rings is 2. The van der Waals surface area contributed by atoms with Gasteiger partial charge in [-0.3, -0.25) is 9.59 Å². The number of hydrogen-bond donors (Lipinski definition) is 4. The zero-order valence-corrected chi connectivity index (χ0v) is 43.8. The third-order valence-corrected chi connectivity index (χ3v) is 15.5. The van der Waals surface area contributed by atoms with Gasteiger partial charge in [0.05, 0.1) is 56.1 Å². The summed E-state index contributed by atoms with van der Waals surface area (Å²) in [5, 5.41) is 31.4. The Kier molecular flexibility index (Phi) is 21.7. The molecule has 3 aliphatic rings. The third-order valence-electron chi connectivity index (χ3n) is 15.5. The smallest absolute Gasteiger partial charge is 0.305 e. The van der Waals surface area contributed by atoms with Gasteiger partial charge < -0.3 is 41.0 Å². The Balaban J connectivity index is 1.73. The van der Waals surface area contributed by atoms with E-state index in [1.807, 2.05) is 24.3 Å². The molecule has 2 heterocycles. The molecular weight excluding hydrogens is 875 g/mol. The minimum absolute atomic E-state index is 0.0389. The molecule has 6 N–H and O–H groups in total. The van der Waals surface area contributed by atoms with Gasteiger partial charge in [-0.1, -0.05) is 130 Å². The first-order chi connectivity index (χ1) is 33.9. The predicted octanol–water partition coefficient (Wildman–Crippen LogP) is 13.7. The van der Waals surface area contributed by atoms with E-state index in [1.165, 1.54) is 5.56 Å². The molecule has 384 valence electrons. The van der Waals surface area contributed by atoms with E-state index in [0.29, 0.717) is 36.4 Å². The van der Waals surface area contributed by atoms with Crippen LogP contribution in [0.3, 0.4) is 0 Å². The van der Waals surface area contributed by atoms with Crippen LogP contribution in [0.25, 0.3) is 0 Å². The average molecular weight is 962 g/mol. The Morgan fingerprint density at radius 1 is 0.714 bits per heavy atom. The molecule has 70 heavy (non-hydrogen) atoms. The van der Waals surface area contributed by atoms with E-state index in [0.717, 1.165) is 180 Å². The Morgan fingerprint density at radius 2 is 1.23 bits per heavy atom. The van der Waals surface area contributed by atoms with Crippen LogP contribution in [-0.2, 0) is 20.4 Å². The Hall–Kier alpha value is -5.37. The Morgan fingerprint density at radius 3 is 1.74 bits per heavy atom. The van der Waals surface area contributed by atoms with Gasteiger partial charge in [0.15, 0.2) is 0 Å². The van der Waals surface area contributed by atoms with Crippen molar-refractivity contribution in [2.75, 3.05) is 37.1 Å². The molecular formula is C59H87N5O6. The summed E-state index contributed by atoms with van der Waals surface area (Å²) in [6, 6.07) is 14.7. The number of aliphatic carboxylic acids is 2. The van der Waals surface area contributed by atoms with Gasteiger partial charge in [0, 0.05) is 41.0 Å². The number of unbranched alkanes of at least 4 members (excludes halogenated alkanes) is 12. The second-order valence-electron chi connectivity index (χ2n) is 20.3. The standard InChI is InChI=1S/C59H87N5O6/c1-7-11-15-19-32-58(33-20-16-12-8-2)48-40-45(69-5)26-28-52(48)63(36-30-54(65)66)56(58)50(61)38-43-24-23-25-44(47(43)42-60)39-51(62)57-59(34-21-17-13-9-3,35-22-18-14-10-4)49-41-46(70-6)27-29-53(49)64(57)37-31-55(67)68/h26-29,38-41,56H,7-25,30-37,61-62H2,1-6H3,(H,65,66)(H,67,68). The highest BCUT2D eigenvalue weighted by molar-refractivity contribution is 5.76. The van der Waals surface area contributed by atoms with Crippen molar-refractivity contribution in [2.45, 2.75) is 205 Å². The summed E-state index contributed by atoms with van der Waals surface area (Å²) in [6.07, 6.45) is 27.0. The normalized spacial score (nSPS) is 18.5. The van der Waals surface area contributed by atoms with E-state index in [1.54, 1.807) is 14.2 Å². The average Bonchev–Trinajstić information content (AvgIpc) is 3.78. The van der Waals surface area contributed by atoms with E-state index in [-0.39, 0.29) is 25.4 Å². The lowest BCUT2D eigenvalue weighted by atomic mass is 9.68. The minimum atomic E-state index is -0.873. The van der Waals surface area contributed by atoms with Gasteiger partial charge >= 0.3 is 11.9 Å². The first-order valence-corrected chi connectivity index (χ1v) is 27.1. The molecule has 0 fully saturated rings. The van der Waals surface area contributed by atoms with Crippen LogP contribution in [0.2, 0.25) is 0 Å². The SMILES string of the molecule is CCCCCCC1(CCCCCC)C(=C(N)C=C2CCCC(C=C(N)C3N(CCC(=O)O)c4ccc(OC)cc4C3(CCCCCC)CCCCCC)=C2C#N)N(CCC(=O)O)c2ccc(OC)cc21. The second kappa shape index (κ2) is 27.3. The summed E-state index contributed by atoms with van der Waals surface area (Å²) in [5.74, 6) is -0.205. The second-order valence-corrected chi connectivity index (χ2v) is 20.3. The van der Waals surface area contributed by atoms with Crippen LogP contribution in [0, 0.1) is 11.3 Å². The first kappa shape index (κ1) is 55.6. The van der Waals surface area contributed by atoms with Crippen molar-refractivity contribution in [3.05, 3.63) is 93.5 Å². The molecule has 1 atom stereocenters. The molecule has 11 nitrogen and oxygen atoms in total. The van der Waals surface area contributed by atoms with Crippen molar-refractivity contribution in [3.63, 3.8) is 0 Å². The third kappa shape index (κ3) is 13.1. The maximum atomic E-state index is 12.3. The number of nitrogens with two attached hydrogens (primary N) is 2. The number of nitrogens with zero attached hydrogens (tertiary/aromatic N) is 3. The summed E-state index contributed by atoms with van der Waals surface area (Å²) < 4.78 is 11.7. The van der Waals surface area contributed by atoms with E-state index in [9.17, 15) is 25.1 Å². The number of methoxy groups -OCH3 is 2. The van der Waals surface area contributed by atoms with E-state index < -0.39 is 22.8 Å². The monoisotopic (exact) mass is 962 g/mol. The number of carbonyl (C=O) groups is 2. The van der Waals surface area contributed by atoms with Gasteiger partial charge in [-0.2, -0.15) is 5.26 Å². The summed E-state index contributed by atoms with van der Waals surface area (Å²) in [7, 11) is 3.38. The molecule has 1 aliphatic carbocycles. The molecule has 0 aromatic heterocycles. The molecule has 5 rings (SSSR count). The fourth-order valence-corrected chi connectivity index (χ4v) is 12.1. The highest BCUT2D eigenvalue weighted by Crippen LogP contribution is 2.57. The molecule has 0 spiro atoms. The molecule has 0 bridgehead atoms. The summed E-state index contributed by atoms with van der Waals surface area (Å²) in [6.45, 7) is 9.45. The van der Waals surface area contributed by atoms with Gasteiger partial charge in [0.1, 0.15) is 11.5 Å². The largest absolute Gasteiger partial charge is 0.497 e. The number of nitriles is 1. The van der Waals surface area contributed by atoms with Gasteiger partial charge in [-0.15, -0.1) is 0 Å². The number of fused-ring (bicyclic) bond motifs is 2. The predicted molar refractivity (Wildman–Crippen MR) is 285 cm³/mol. The maximum absolute atomic E-state index is 12.3. The van der Waals surface area contributed by atoms with Gasteiger partial charge in [0.2, 0.25) is 0 Å². The van der Waals surface area contributed by atoms with Crippen molar-refractivity contribution >= 4 is 23.3 Å². The molecule has 2 aromatic rings. The summed E-state index contributed by atoms with van der Waals surface area (Å²) in [5.41, 5.74) is 22.9. The molecule has 1 unspecified atom stereocenters. The van der Waals surface area contributed by atoms with Crippen molar-refractivity contribution in [2.24, 2.45) is 11.5 Å². The topological polar surface area (TPSA) is 175 Å². The van der Waals surface area contributed by atoms with Crippen LogP contribution >= 0.6 is 0 Å². The lowest BCUT2D eigenvalue weighted by Gasteiger charge is -2.41. The molecule has 11 heteroatoms. The maximum Gasteiger partial charge on any atom is 0.305 e. The molecule has 0 amide bonds. The first-order valence-electron chi connectivity index (χ1n) is 27.1. The number of ether oxygens (including phenoxy) is 2. The number of carboxylic acid groups (broad SMARTS) is 2. The summed E-state index contributed by atoms with van der Waals surface area (Å²) in [4.78, 5) is 29.0. The Labute approximate surface area is 421 Å². The highest BCUT2D eigenvalue weighted by Gasteiger charge is 2.52. The molecule has 2 aromatic carbocycles. The minimum Gasteiger partial charge on any atom is -0.497 e. The summed E-state index contributed by atoms with van der Waals surface area (Å²) >= 11 is 0. The van der Waals surface area contributed by atoms with Crippen molar-refractivity contribution in [1.82, 2.24) is 0 Å². The van der Waals surface area contributed by atoms with E-state index in [2.05, 4.69) is 67.8 Å². The fourth-order valence-electron chi connectivity index (χ4n) is 12.1. The zero-order valence-electron chi connectivity index (χ0n) is 43.8. The molecule has 0 saturated carbocycles. The fraction of sp³-hybridized carbons (Fsp3) is 0.610. The van der Waals surface area contributed by atoms with Crippen molar-refractivity contribution in [3.8, 4) is 17.6 Å². The van der Waals surface area contributed by atoms with E-state index >= 15 is 0 Å². The van der Waals surface area contributed by atoms with Gasteiger partial charge in [0.25, 0.3) is 0 Å². The highest BCUT2D eigenvalue weighted by atomic mass is 16.5. The quantitative estimate of drug-likeness (QED) is 0.0529. The number of carboxylic acids is 2. The number of allylic oxidation sites excluding steroid dienone is 6.